The number of nitrogens with one attached hydrogen (secondary N) is 3. The smallest absolute Gasteiger partial charge is 0.250 e. The molecular formula is C32H32N4O6. The van der Waals surface area contributed by atoms with Crippen molar-refractivity contribution in [3.8, 4) is 11.5 Å². The van der Waals surface area contributed by atoms with E-state index >= 15 is 0 Å². The number of nitrogens with zero attached hydrogens (tertiary/aromatic N) is 1. The number of piperazine rings is 1. The standard InChI is InChI=1S/C32H32N4O6/c1-41-27-13-12-20(14-28(27)42-2)16-34-31(39)24(15-22-17-33-25-11-7-6-10-23(22)25)26(37)18-36-19-29(38)35-30(32(36)40)21-8-4-3-5-9-21/h3-14,17,24,30,33H,15-16,18-19H2,1-2H3,(H,34,39)(H,35,38). The highest BCUT2D eigenvalue weighted by Gasteiger charge is 2.37. The fraction of sp³-hybridized carbons (Fsp3) is 0.250. The molecular weight excluding hydrogens is 536 g/mol. The van der Waals surface area contributed by atoms with Crippen molar-refractivity contribution >= 4 is 34.4 Å². The third kappa shape index (κ3) is 6.12. The van der Waals surface area contributed by atoms with Crippen LogP contribution in [0.5, 0.6) is 11.5 Å². The van der Waals surface area contributed by atoms with E-state index in [1.165, 1.54) is 12.0 Å². The third-order valence-corrected chi connectivity index (χ3v) is 7.40. The van der Waals surface area contributed by atoms with Gasteiger partial charge in [0.1, 0.15) is 18.5 Å². The van der Waals surface area contributed by atoms with Gasteiger partial charge in [0, 0.05) is 23.6 Å². The number of hydrogen-bond donors (Lipinski definition) is 3. The Morgan fingerprint density at radius 1 is 0.976 bits per heavy atom. The molecule has 1 aromatic heterocycles. The Kier molecular flexibility index (Phi) is 8.52. The van der Waals surface area contributed by atoms with E-state index in [2.05, 4.69) is 15.6 Å². The minimum atomic E-state index is -1.10. The van der Waals surface area contributed by atoms with Crippen LogP contribution in [0.3, 0.4) is 0 Å². The monoisotopic (exact) mass is 568 g/mol. The largest absolute Gasteiger partial charge is 0.493 e. The van der Waals surface area contributed by atoms with Gasteiger partial charge in [0.05, 0.1) is 20.8 Å². The second-order valence-corrected chi connectivity index (χ2v) is 10.1. The van der Waals surface area contributed by atoms with Crippen LogP contribution in [0.15, 0.2) is 79.0 Å². The van der Waals surface area contributed by atoms with Gasteiger partial charge in [-0.15, -0.1) is 0 Å². The number of Topliss-reactive ketones (excluding diaryl/α,β-unsaturated/α-hetero) is 1. The van der Waals surface area contributed by atoms with E-state index in [4.69, 9.17) is 9.47 Å². The molecule has 10 heteroatoms. The normalized spacial score (nSPS) is 15.7. The maximum absolute atomic E-state index is 13.8. The van der Waals surface area contributed by atoms with Gasteiger partial charge in [0.2, 0.25) is 11.8 Å². The molecule has 2 heterocycles. The van der Waals surface area contributed by atoms with Gasteiger partial charge in [-0.05, 0) is 41.3 Å². The van der Waals surface area contributed by atoms with Gasteiger partial charge in [0.25, 0.3) is 5.91 Å². The lowest BCUT2D eigenvalue weighted by atomic mass is 9.93. The molecule has 10 nitrogen and oxygen atoms in total. The second-order valence-electron chi connectivity index (χ2n) is 10.1. The van der Waals surface area contributed by atoms with Crippen LogP contribution < -0.4 is 20.1 Å². The second kappa shape index (κ2) is 12.6. The van der Waals surface area contributed by atoms with E-state index in [1.807, 2.05) is 30.3 Å². The number of amides is 3. The zero-order valence-corrected chi connectivity index (χ0v) is 23.4. The first-order chi connectivity index (χ1) is 20.4. The van der Waals surface area contributed by atoms with Crippen molar-refractivity contribution in [2.75, 3.05) is 27.3 Å². The number of aromatic amines is 1. The van der Waals surface area contributed by atoms with Gasteiger partial charge in [-0.2, -0.15) is 0 Å². The van der Waals surface area contributed by atoms with Crippen molar-refractivity contribution in [2.45, 2.75) is 19.0 Å². The molecule has 0 radical (unpaired) electrons. The Bertz CT molecular complexity index is 1620. The first-order valence-electron chi connectivity index (χ1n) is 13.6. The van der Waals surface area contributed by atoms with E-state index in [-0.39, 0.29) is 32.0 Å². The maximum Gasteiger partial charge on any atom is 0.250 e. The van der Waals surface area contributed by atoms with Crippen LogP contribution >= 0.6 is 0 Å². The van der Waals surface area contributed by atoms with Gasteiger partial charge >= 0.3 is 0 Å². The zero-order chi connectivity index (χ0) is 29.6. The molecule has 0 spiro atoms. The van der Waals surface area contributed by atoms with Crippen LogP contribution in [0, 0.1) is 5.92 Å². The number of carbonyl (C=O) groups excluding carboxylic acids is 4. The first kappa shape index (κ1) is 28.4. The Hall–Kier alpha value is -5.12. The Balaban J connectivity index is 1.37. The van der Waals surface area contributed by atoms with Crippen LogP contribution in [0.25, 0.3) is 10.9 Å². The Morgan fingerprint density at radius 2 is 1.71 bits per heavy atom. The molecule has 1 saturated heterocycles. The van der Waals surface area contributed by atoms with Crippen molar-refractivity contribution in [1.82, 2.24) is 20.5 Å². The lowest BCUT2D eigenvalue weighted by Crippen LogP contribution is -2.55. The van der Waals surface area contributed by atoms with Gasteiger partial charge < -0.3 is 30.0 Å². The molecule has 2 unspecified atom stereocenters. The summed E-state index contributed by atoms with van der Waals surface area (Å²) in [4.78, 5) is 57.6. The van der Waals surface area contributed by atoms with Crippen LogP contribution in [0.1, 0.15) is 22.7 Å². The van der Waals surface area contributed by atoms with Gasteiger partial charge in [-0.3, -0.25) is 19.2 Å². The number of aromatic nitrogens is 1. The molecule has 0 saturated carbocycles. The van der Waals surface area contributed by atoms with Crippen molar-refractivity contribution in [3.63, 3.8) is 0 Å². The molecule has 4 aromatic rings. The van der Waals surface area contributed by atoms with E-state index in [9.17, 15) is 19.2 Å². The van der Waals surface area contributed by atoms with E-state index in [1.54, 1.807) is 55.8 Å². The molecule has 1 aliphatic rings. The molecule has 2 atom stereocenters. The SMILES string of the molecule is COc1ccc(CNC(=O)C(Cc2c[nH]c3ccccc23)C(=O)CN2CC(=O)NC(c3ccccc3)C2=O)cc1OC. The van der Waals surface area contributed by atoms with Crippen LogP contribution in [-0.2, 0) is 32.1 Å². The van der Waals surface area contributed by atoms with Gasteiger partial charge in [-0.1, -0.05) is 54.6 Å². The van der Waals surface area contributed by atoms with Crippen LogP contribution in [-0.4, -0.2) is 60.7 Å². The van der Waals surface area contributed by atoms with Gasteiger partial charge in [-0.25, -0.2) is 0 Å². The minimum absolute atomic E-state index is 0.122. The fourth-order valence-electron chi connectivity index (χ4n) is 5.18. The number of carbonyl (C=O) groups is 4. The van der Waals surface area contributed by atoms with E-state index in [0.29, 0.717) is 17.1 Å². The number of ketones is 1. The summed E-state index contributed by atoms with van der Waals surface area (Å²) < 4.78 is 10.6. The molecule has 3 aromatic carbocycles. The van der Waals surface area contributed by atoms with Crippen molar-refractivity contribution in [1.29, 1.82) is 0 Å². The molecule has 5 rings (SSSR count). The van der Waals surface area contributed by atoms with Crippen LogP contribution in [0.2, 0.25) is 0 Å². The summed E-state index contributed by atoms with van der Waals surface area (Å²) >= 11 is 0. The van der Waals surface area contributed by atoms with Gasteiger partial charge in [0.15, 0.2) is 17.3 Å². The summed E-state index contributed by atoms with van der Waals surface area (Å²) in [5.41, 5.74) is 3.07. The van der Waals surface area contributed by atoms with Crippen LogP contribution in [0.4, 0.5) is 0 Å². The average molecular weight is 569 g/mol. The van der Waals surface area contributed by atoms with E-state index < -0.39 is 29.6 Å². The highest BCUT2D eigenvalue weighted by atomic mass is 16.5. The molecule has 42 heavy (non-hydrogen) atoms. The zero-order valence-electron chi connectivity index (χ0n) is 23.4. The average Bonchev–Trinajstić information content (AvgIpc) is 3.43. The summed E-state index contributed by atoms with van der Waals surface area (Å²) in [6.07, 6.45) is 1.91. The molecule has 1 fully saturated rings. The molecule has 0 bridgehead atoms. The lowest BCUT2D eigenvalue weighted by Gasteiger charge is -2.33. The predicted molar refractivity (Wildman–Crippen MR) is 156 cm³/mol. The predicted octanol–water partition coefficient (Wildman–Crippen LogP) is 2.93. The molecule has 216 valence electrons. The highest BCUT2D eigenvalue weighted by Crippen LogP contribution is 2.28. The summed E-state index contributed by atoms with van der Waals surface area (Å²) in [5, 5.41) is 6.48. The summed E-state index contributed by atoms with van der Waals surface area (Å²) in [5.74, 6) is -1.73. The summed E-state index contributed by atoms with van der Waals surface area (Å²) in [6, 6.07) is 20.9. The number of methoxy groups -OCH3 is 2. The van der Waals surface area contributed by atoms with E-state index in [0.717, 1.165) is 22.0 Å². The number of hydrogen-bond acceptors (Lipinski definition) is 6. The number of H-pyrrole nitrogens is 1. The number of fused-ring (bicyclic) bond motifs is 1. The number of para-hydroxylation sites is 1. The summed E-state index contributed by atoms with van der Waals surface area (Å²) in [6.45, 7) is -0.481. The molecule has 1 aliphatic heterocycles. The van der Waals surface area contributed by atoms with Crippen molar-refractivity contribution in [3.05, 3.63) is 95.7 Å². The Labute approximate surface area is 243 Å². The fourth-order valence-corrected chi connectivity index (χ4v) is 5.18. The molecule has 0 aliphatic carbocycles. The van der Waals surface area contributed by atoms with Crippen molar-refractivity contribution < 1.29 is 28.7 Å². The summed E-state index contributed by atoms with van der Waals surface area (Å²) in [7, 11) is 3.07. The minimum Gasteiger partial charge on any atom is -0.493 e. The quantitative estimate of drug-likeness (QED) is 0.239. The molecule has 3 amide bonds. The maximum atomic E-state index is 13.8. The molecule has 3 N–H and O–H groups in total. The third-order valence-electron chi connectivity index (χ3n) is 7.40. The topological polar surface area (TPSA) is 130 Å². The number of benzene rings is 3. The number of rotatable bonds is 11. The lowest BCUT2D eigenvalue weighted by molar-refractivity contribution is -0.147. The first-order valence-corrected chi connectivity index (χ1v) is 13.6. The highest BCUT2D eigenvalue weighted by molar-refractivity contribution is 6.05. The Morgan fingerprint density at radius 3 is 2.48 bits per heavy atom. The van der Waals surface area contributed by atoms with Crippen molar-refractivity contribution in [2.24, 2.45) is 5.92 Å². The number of ether oxygens (including phenoxy) is 2.